The van der Waals surface area contributed by atoms with E-state index < -0.39 is 61.5 Å². The van der Waals surface area contributed by atoms with Crippen LogP contribution in [-0.4, -0.2) is 38.9 Å². The third-order valence-corrected chi connectivity index (χ3v) is 3.21. The van der Waals surface area contributed by atoms with E-state index in [0.717, 1.165) is 0 Å². The fourth-order valence-electron chi connectivity index (χ4n) is 0.801. The molecule has 0 amide bonds. The fourth-order valence-corrected chi connectivity index (χ4v) is 1.05. The average molecular weight is 561 g/mol. The van der Waals surface area contributed by atoms with Gasteiger partial charge in [0.15, 0.2) is 0 Å². The van der Waals surface area contributed by atoms with E-state index in [-0.39, 0.29) is 0 Å². The summed E-state index contributed by atoms with van der Waals surface area (Å²) < 4.78 is 163. The lowest BCUT2D eigenvalue weighted by Crippen LogP contribution is -2.64. The van der Waals surface area contributed by atoms with Gasteiger partial charge in [0.1, 0.15) is 0 Å². The maximum absolute atomic E-state index is 13.5. The van der Waals surface area contributed by atoms with E-state index in [9.17, 15) is 57.1 Å². The Morgan fingerprint density at radius 3 is 1.20 bits per heavy atom. The average Bonchev–Trinajstić information content (AvgIpc) is 2.21. The molecule has 2 atom stereocenters. The highest BCUT2D eigenvalue weighted by molar-refractivity contribution is 14.1. The van der Waals surface area contributed by atoms with E-state index in [1.165, 1.54) is 0 Å². The molecule has 0 fully saturated rings. The van der Waals surface area contributed by atoms with Crippen molar-refractivity contribution in [1.82, 2.24) is 0 Å². The molecular weight excluding hydrogens is 561 g/mol. The molecule has 0 aliphatic rings. The molecule has 0 rings (SSSR count). The smallest absolute Gasteiger partial charge is 0.262 e. The lowest BCUT2D eigenvalue weighted by Gasteiger charge is -2.38. The van der Waals surface area contributed by atoms with Gasteiger partial charge in [0.2, 0.25) is 0 Å². The molecule has 2 unspecified atom stereocenters. The summed E-state index contributed by atoms with van der Waals surface area (Å²) >= 11 is 7.11. The maximum atomic E-state index is 13.5. The van der Waals surface area contributed by atoms with Gasteiger partial charge in [0.05, 0.1) is 0 Å². The quantitative estimate of drug-likeness (QED) is 0.211. The molecule has 0 saturated heterocycles. The zero-order valence-electron chi connectivity index (χ0n) is 10.4. The van der Waals surface area contributed by atoms with Gasteiger partial charge in [-0.2, -0.15) is 57.1 Å². The van der Waals surface area contributed by atoms with Crippen molar-refractivity contribution in [3.05, 3.63) is 0 Å². The van der Waals surface area contributed by atoms with Crippen LogP contribution in [0.3, 0.4) is 0 Å². The van der Waals surface area contributed by atoms with Gasteiger partial charge in [0.25, 0.3) is 0 Å². The minimum atomic E-state index is -7.34. The third kappa shape index (κ3) is 5.19. The van der Waals surface area contributed by atoms with E-state index in [1.807, 2.05) is 4.74 Å². The van der Waals surface area contributed by atoms with Gasteiger partial charge in [-0.05, 0) is 23.2 Å². The number of ether oxygens (including phenoxy) is 2. The third-order valence-electron chi connectivity index (χ3n) is 1.92. The highest BCUT2D eigenvalue weighted by Crippen LogP contribution is 2.55. The normalized spacial score (nSPS) is 20.2. The number of halogens is 16. The van der Waals surface area contributed by atoms with E-state index in [4.69, 9.17) is 0 Å². The van der Waals surface area contributed by atoms with Gasteiger partial charge in [-0.3, -0.25) is 9.47 Å². The van der Waals surface area contributed by atoms with Crippen LogP contribution in [0, 0.1) is 0 Å². The van der Waals surface area contributed by atoms with Crippen molar-refractivity contribution >= 4 is 45.8 Å². The van der Waals surface area contributed by atoms with Crippen molar-refractivity contribution < 1.29 is 66.5 Å². The molecule has 18 heteroatoms. The topological polar surface area (TPSA) is 18.5 Å². The lowest BCUT2D eigenvalue weighted by atomic mass is 10.2. The van der Waals surface area contributed by atoms with Gasteiger partial charge in [-0.25, -0.2) is 0 Å². The summed E-state index contributed by atoms with van der Waals surface area (Å²) in [5, 5.41) is -11.5. The lowest BCUT2D eigenvalue weighted by molar-refractivity contribution is -0.524. The first-order valence-corrected chi connectivity index (χ1v) is 6.67. The molecular formula is C7Cl2F13IO2. The molecule has 152 valence electrons. The number of hydrogen-bond acceptors (Lipinski definition) is 2. The molecule has 0 spiro atoms. The summed E-state index contributed by atoms with van der Waals surface area (Å²) in [4.78, 5) is 0. The minimum absolute atomic E-state index is 0.612. The Kier molecular flexibility index (Phi) is 6.82. The minimum Gasteiger partial charge on any atom is -0.262 e. The Balaban J connectivity index is 6.13. The van der Waals surface area contributed by atoms with Crippen molar-refractivity contribution in [2.24, 2.45) is 0 Å². The van der Waals surface area contributed by atoms with E-state index in [1.54, 1.807) is 4.74 Å². The summed E-state index contributed by atoms with van der Waals surface area (Å²) in [6.45, 7) is 0. The molecule has 0 aliphatic heterocycles. The van der Waals surface area contributed by atoms with Crippen LogP contribution in [0.4, 0.5) is 57.1 Å². The summed E-state index contributed by atoms with van der Waals surface area (Å²) in [7, 11) is 0. The van der Waals surface area contributed by atoms with Crippen LogP contribution in [0.1, 0.15) is 0 Å². The number of alkyl halides is 16. The van der Waals surface area contributed by atoms with Crippen LogP contribution in [0.2, 0.25) is 0 Å². The Hall–Kier alpha value is 0.320. The molecule has 0 aromatic heterocycles. The second-order valence-electron chi connectivity index (χ2n) is 3.84. The first-order valence-electron chi connectivity index (χ1n) is 4.84. The molecule has 0 bridgehead atoms. The predicted octanol–water partition coefficient (Wildman–Crippen LogP) is 6.15. The van der Waals surface area contributed by atoms with Gasteiger partial charge in [0, 0.05) is 22.6 Å². The van der Waals surface area contributed by atoms with E-state index in [0.29, 0.717) is 0 Å². The first-order chi connectivity index (χ1) is 10.4. The highest BCUT2D eigenvalue weighted by atomic mass is 127. The first kappa shape index (κ1) is 25.3. The van der Waals surface area contributed by atoms with Crippen molar-refractivity contribution in [3.8, 4) is 0 Å². The molecule has 0 aromatic carbocycles. The zero-order valence-corrected chi connectivity index (χ0v) is 14.0. The molecule has 0 radical (unpaired) electrons. The summed E-state index contributed by atoms with van der Waals surface area (Å²) in [5.74, 6) is -7.26. The monoisotopic (exact) mass is 560 g/mol. The summed E-state index contributed by atoms with van der Waals surface area (Å²) in [6, 6.07) is 0. The second-order valence-corrected chi connectivity index (χ2v) is 6.16. The van der Waals surface area contributed by atoms with Crippen molar-refractivity contribution in [2.75, 3.05) is 0 Å². The largest absolute Gasteiger partial charge is 0.458 e. The Morgan fingerprint density at radius 2 is 0.960 bits per heavy atom. The molecule has 0 N–H and O–H groups in total. The fraction of sp³-hybridized carbons (Fsp3) is 1.00. The Bertz CT molecular complexity index is 484. The van der Waals surface area contributed by atoms with Gasteiger partial charge < -0.3 is 0 Å². The SMILES string of the molecule is FC(F)(F)C(F)(OC(F)(F)C(F)(F)I)C(F)(F)OC(F)(Cl)C(F)(F)Cl. The van der Waals surface area contributed by atoms with Crippen LogP contribution >= 0.6 is 45.8 Å². The molecule has 0 aromatic rings. The maximum Gasteiger partial charge on any atom is 0.458 e. The van der Waals surface area contributed by atoms with Gasteiger partial charge in [-0.1, -0.05) is 0 Å². The highest BCUT2D eigenvalue weighted by Gasteiger charge is 2.81. The van der Waals surface area contributed by atoms with Crippen LogP contribution in [0.15, 0.2) is 0 Å². The summed E-state index contributed by atoms with van der Waals surface area (Å²) in [5.41, 5.74) is 0. The van der Waals surface area contributed by atoms with Gasteiger partial charge >= 0.3 is 38.9 Å². The number of rotatable bonds is 7. The zero-order chi connectivity index (χ0) is 20.9. The second kappa shape index (κ2) is 6.73. The van der Waals surface area contributed by atoms with E-state index in [2.05, 4.69) is 23.2 Å². The van der Waals surface area contributed by atoms with Crippen molar-refractivity contribution in [1.29, 1.82) is 0 Å². The molecule has 25 heavy (non-hydrogen) atoms. The van der Waals surface area contributed by atoms with Crippen LogP contribution in [0.25, 0.3) is 0 Å². The van der Waals surface area contributed by atoms with Gasteiger partial charge in [-0.15, -0.1) is 0 Å². The van der Waals surface area contributed by atoms with E-state index >= 15 is 0 Å². The Morgan fingerprint density at radius 1 is 0.600 bits per heavy atom. The van der Waals surface area contributed by atoms with Crippen LogP contribution in [-0.2, 0) is 9.47 Å². The standard InChI is InChI=1S/C7Cl2F13IO2/c8-2(11,12)3(9,13)25-6(19,20)1(10,4(14,15)16)24-7(21,22)5(17,18)23. The molecule has 0 aliphatic carbocycles. The molecule has 2 nitrogen and oxygen atoms in total. The molecule has 0 saturated carbocycles. The Labute approximate surface area is 151 Å². The summed E-state index contributed by atoms with van der Waals surface area (Å²) in [6.07, 6.45) is -21.1. The van der Waals surface area contributed by atoms with Crippen LogP contribution < -0.4 is 0 Å². The van der Waals surface area contributed by atoms with Crippen molar-refractivity contribution in [2.45, 2.75) is 38.9 Å². The molecule has 0 heterocycles. The van der Waals surface area contributed by atoms with Crippen LogP contribution in [0.5, 0.6) is 0 Å². The predicted molar refractivity (Wildman–Crippen MR) is 61.4 cm³/mol. The number of hydrogen-bond donors (Lipinski definition) is 0. The van der Waals surface area contributed by atoms with Crippen molar-refractivity contribution in [3.63, 3.8) is 0 Å².